The van der Waals surface area contributed by atoms with Gasteiger partial charge in [-0.1, -0.05) is 25.5 Å². The second kappa shape index (κ2) is 5.52. The molecular weight excluding hydrogens is 244 g/mol. The maximum absolute atomic E-state index is 5.99. The Morgan fingerprint density at radius 1 is 1.05 bits per heavy atom. The van der Waals surface area contributed by atoms with Gasteiger partial charge in [-0.3, -0.25) is 0 Å². The predicted molar refractivity (Wildman–Crippen MR) is 72.8 cm³/mol. The molecule has 2 aliphatic rings. The van der Waals surface area contributed by atoms with Gasteiger partial charge in [-0.05, 0) is 34.1 Å². The molecule has 4 heteroatoms. The molecule has 0 aromatic rings. The van der Waals surface area contributed by atoms with Crippen LogP contribution in [-0.4, -0.2) is 36.5 Å². The zero-order chi connectivity index (χ0) is 14.1. The van der Waals surface area contributed by atoms with E-state index in [1.54, 1.807) is 0 Å². The topological polar surface area (TPSA) is 36.9 Å². The molecule has 0 aromatic heterocycles. The standard InChI is InChI=1S/C15H26O4/c1-6-7-8-9-11-13(19-15(4,5)17-11)12-10-16-14(2,3)18-12/h8-9,11-13H,6-7,10H2,1-5H3/b9-8-/t11-,12+,13-/m0/s1. The molecule has 2 aliphatic heterocycles. The fourth-order valence-corrected chi connectivity index (χ4v) is 2.53. The minimum atomic E-state index is -0.567. The summed E-state index contributed by atoms with van der Waals surface area (Å²) < 4.78 is 23.5. The van der Waals surface area contributed by atoms with Gasteiger partial charge in [-0.15, -0.1) is 0 Å². The fraction of sp³-hybridized carbons (Fsp3) is 0.867. The Morgan fingerprint density at radius 2 is 1.79 bits per heavy atom. The summed E-state index contributed by atoms with van der Waals surface area (Å²) in [4.78, 5) is 0. The van der Waals surface area contributed by atoms with Crippen molar-refractivity contribution >= 4 is 0 Å². The van der Waals surface area contributed by atoms with Gasteiger partial charge >= 0.3 is 0 Å². The minimum absolute atomic E-state index is 0.0657. The summed E-state index contributed by atoms with van der Waals surface area (Å²) in [5.41, 5.74) is 0. The smallest absolute Gasteiger partial charge is 0.164 e. The molecule has 4 nitrogen and oxygen atoms in total. The van der Waals surface area contributed by atoms with E-state index in [2.05, 4.69) is 19.1 Å². The van der Waals surface area contributed by atoms with E-state index in [-0.39, 0.29) is 18.3 Å². The monoisotopic (exact) mass is 270 g/mol. The molecule has 3 atom stereocenters. The number of hydrogen-bond acceptors (Lipinski definition) is 4. The number of allylic oxidation sites excluding steroid dienone is 1. The highest BCUT2D eigenvalue weighted by Crippen LogP contribution is 2.36. The van der Waals surface area contributed by atoms with Crippen molar-refractivity contribution in [2.75, 3.05) is 6.61 Å². The fourth-order valence-electron chi connectivity index (χ4n) is 2.53. The number of ether oxygens (including phenoxy) is 4. The Hall–Kier alpha value is -0.420. The first-order chi connectivity index (χ1) is 8.83. The van der Waals surface area contributed by atoms with Crippen LogP contribution in [0.5, 0.6) is 0 Å². The van der Waals surface area contributed by atoms with Gasteiger partial charge in [0.2, 0.25) is 0 Å². The summed E-state index contributed by atoms with van der Waals surface area (Å²) in [6, 6.07) is 0. The Balaban J connectivity index is 2.04. The molecular formula is C15H26O4. The van der Waals surface area contributed by atoms with Crippen molar-refractivity contribution in [2.24, 2.45) is 0 Å². The van der Waals surface area contributed by atoms with Crippen molar-refractivity contribution in [1.82, 2.24) is 0 Å². The van der Waals surface area contributed by atoms with Crippen LogP contribution in [0.25, 0.3) is 0 Å². The molecule has 2 saturated heterocycles. The molecule has 0 bridgehead atoms. The van der Waals surface area contributed by atoms with E-state index in [9.17, 15) is 0 Å². The van der Waals surface area contributed by atoms with E-state index in [1.807, 2.05) is 27.7 Å². The van der Waals surface area contributed by atoms with E-state index >= 15 is 0 Å². The lowest BCUT2D eigenvalue weighted by molar-refractivity contribution is -0.174. The van der Waals surface area contributed by atoms with Gasteiger partial charge in [0.05, 0.1) is 6.61 Å². The summed E-state index contributed by atoms with van der Waals surface area (Å²) in [7, 11) is 0. The Bertz CT molecular complexity index is 335. The third-order valence-electron chi connectivity index (χ3n) is 3.34. The second-order valence-corrected chi connectivity index (χ2v) is 6.15. The largest absolute Gasteiger partial charge is 0.348 e. The molecule has 0 spiro atoms. The molecule has 2 rings (SSSR count). The zero-order valence-electron chi connectivity index (χ0n) is 12.6. The number of rotatable bonds is 4. The van der Waals surface area contributed by atoms with Gasteiger partial charge in [-0.2, -0.15) is 0 Å². The summed E-state index contributed by atoms with van der Waals surface area (Å²) in [6.07, 6.45) is 6.19. The van der Waals surface area contributed by atoms with E-state index < -0.39 is 11.6 Å². The normalized spacial score (nSPS) is 37.2. The molecule has 0 saturated carbocycles. The highest BCUT2D eigenvalue weighted by Gasteiger charge is 2.48. The van der Waals surface area contributed by atoms with Crippen molar-refractivity contribution in [2.45, 2.75) is 77.3 Å². The number of unbranched alkanes of at least 4 members (excludes halogenated alkanes) is 1. The van der Waals surface area contributed by atoms with Crippen LogP contribution in [0.15, 0.2) is 12.2 Å². The molecule has 0 aromatic carbocycles. The van der Waals surface area contributed by atoms with Crippen LogP contribution in [0.4, 0.5) is 0 Å². The van der Waals surface area contributed by atoms with Gasteiger partial charge in [0.1, 0.15) is 18.3 Å². The Morgan fingerprint density at radius 3 is 2.37 bits per heavy atom. The molecule has 0 unspecified atom stereocenters. The molecule has 110 valence electrons. The van der Waals surface area contributed by atoms with Crippen LogP contribution in [0, 0.1) is 0 Å². The summed E-state index contributed by atoms with van der Waals surface area (Å²) >= 11 is 0. The lowest BCUT2D eigenvalue weighted by Gasteiger charge is -2.22. The SMILES string of the molecule is CCC/C=C\[C@@H]1OC(C)(C)O[C@@H]1[C@H]1COC(C)(C)O1. The molecule has 19 heavy (non-hydrogen) atoms. The Labute approximate surface area is 116 Å². The van der Waals surface area contributed by atoms with Crippen LogP contribution < -0.4 is 0 Å². The first-order valence-electron chi connectivity index (χ1n) is 7.17. The Kier molecular flexibility index (Phi) is 4.35. The average Bonchev–Trinajstić information content (AvgIpc) is 2.79. The van der Waals surface area contributed by atoms with Gasteiger partial charge in [0.25, 0.3) is 0 Å². The first-order valence-corrected chi connectivity index (χ1v) is 7.17. The summed E-state index contributed by atoms with van der Waals surface area (Å²) in [6.45, 7) is 10.4. The van der Waals surface area contributed by atoms with Gasteiger partial charge in [-0.25, -0.2) is 0 Å². The van der Waals surface area contributed by atoms with Crippen molar-refractivity contribution in [1.29, 1.82) is 0 Å². The number of hydrogen-bond donors (Lipinski definition) is 0. The van der Waals surface area contributed by atoms with Gasteiger partial charge < -0.3 is 18.9 Å². The molecule has 2 heterocycles. The van der Waals surface area contributed by atoms with Gasteiger partial charge in [0.15, 0.2) is 11.6 Å². The van der Waals surface area contributed by atoms with Crippen LogP contribution in [0.3, 0.4) is 0 Å². The van der Waals surface area contributed by atoms with Crippen LogP contribution >= 0.6 is 0 Å². The van der Waals surface area contributed by atoms with Crippen LogP contribution in [0.2, 0.25) is 0 Å². The van der Waals surface area contributed by atoms with E-state index in [4.69, 9.17) is 18.9 Å². The third-order valence-corrected chi connectivity index (χ3v) is 3.34. The van der Waals surface area contributed by atoms with Crippen molar-refractivity contribution < 1.29 is 18.9 Å². The molecule has 2 fully saturated rings. The van der Waals surface area contributed by atoms with Gasteiger partial charge in [0, 0.05) is 0 Å². The molecule has 0 amide bonds. The maximum Gasteiger partial charge on any atom is 0.164 e. The summed E-state index contributed by atoms with van der Waals surface area (Å²) in [5.74, 6) is -1.10. The van der Waals surface area contributed by atoms with Crippen molar-refractivity contribution in [3.63, 3.8) is 0 Å². The van der Waals surface area contributed by atoms with E-state index in [0.717, 1.165) is 12.8 Å². The molecule has 0 radical (unpaired) electrons. The zero-order valence-corrected chi connectivity index (χ0v) is 12.6. The maximum atomic E-state index is 5.99. The molecule has 0 aliphatic carbocycles. The predicted octanol–water partition coefficient (Wildman–Crippen LogP) is 3.01. The van der Waals surface area contributed by atoms with E-state index in [1.165, 1.54) is 0 Å². The lowest BCUT2D eigenvalue weighted by atomic mass is 10.1. The van der Waals surface area contributed by atoms with E-state index in [0.29, 0.717) is 6.61 Å². The third kappa shape index (κ3) is 3.78. The van der Waals surface area contributed by atoms with Crippen LogP contribution in [-0.2, 0) is 18.9 Å². The quantitative estimate of drug-likeness (QED) is 0.736. The first kappa shape index (κ1) is 15.0. The highest BCUT2D eigenvalue weighted by molar-refractivity contribution is 5.01. The highest BCUT2D eigenvalue weighted by atomic mass is 16.8. The molecule has 0 N–H and O–H groups in total. The minimum Gasteiger partial charge on any atom is -0.348 e. The second-order valence-electron chi connectivity index (χ2n) is 6.15. The van der Waals surface area contributed by atoms with Crippen molar-refractivity contribution in [3.8, 4) is 0 Å². The van der Waals surface area contributed by atoms with Crippen LogP contribution in [0.1, 0.15) is 47.5 Å². The van der Waals surface area contributed by atoms with Crippen molar-refractivity contribution in [3.05, 3.63) is 12.2 Å². The average molecular weight is 270 g/mol. The summed E-state index contributed by atoms with van der Waals surface area (Å²) in [5, 5.41) is 0. The lowest BCUT2D eigenvalue weighted by Crippen LogP contribution is -2.37.